The van der Waals surface area contributed by atoms with E-state index in [-0.39, 0.29) is 15.7 Å². The van der Waals surface area contributed by atoms with Crippen molar-refractivity contribution in [2.75, 3.05) is 7.05 Å². The first kappa shape index (κ1) is 15.1. The van der Waals surface area contributed by atoms with Crippen LogP contribution in [0, 0.1) is 10.1 Å². The van der Waals surface area contributed by atoms with Crippen LogP contribution >= 0.6 is 15.9 Å². The Hall–Kier alpha value is -1.96. The Morgan fingerprint density at radius 1 is 1.47 bits per heavy atom. The molecule has 19 heavy (non-hydrogen) atoms. The minimum atomic E-state index is -1.16. The van der Waals surface area contributed by atoms with E-state index in [4.69, 9.17) is 5.11 Å². The normalized spacial score (nSPS) is 11.7. The zero-order valence-corrected chi connectivity index (χ0v) is 11.7. The van der Waals surface area contributed by atoms with Gasteiger partial charge >= 0.3 is 5.97 Å². The fourth-order valence-corrected chi connectivity index (χ4v) is 1.94. The molecular weight excluding hydrogens is 320 g/mol. The van der Waals surface area contributed by atoms with Crippen LogP contribution in [0.1, 0.15) is 17.3 Å². The fourth-order valence-electron chi connectivity index (χ4n) is 1.36. The van der Waals surface area contributed by atoms with E-state index in [1.165, 1.54) is 32.2 Å². The number of nitro groups is 1. The smallest absolute Gasteiger partial charge is 0.326 e. The minimum absolute atomic E-state index is 0.0365. The van der Waals surface area contributed by atoms with E-state index in [1.807, 2.05) is 0 Å². The summed E-state index contributed by atoms with van der Waals surface area (Å²) in [4.78, 5) is 34.1. The predicted octanol–water partition coefficient (Wildman–Crippen LogP) is 1.90. The van der Waals surface area contributed by atoms with Crippen LogP contribution in [-0.4, -0.2) is 39.9 Å². The van der Waals surface area contributed by atoms with Gasteiger partial charge in [-0.15, -0.1) is 0 Å². The number of hydrogen-bond acceptors (Lipinski definition) is 4. The number of halogens is 1. The number of nitrogens with zero attached hydrogens (tertiary/aromatic N) is 2. The average molecular weight is 331 g/mol. The average Bonchev–Trinajstić information content (AvgIpc) is 2.35. The first-order chi connectivity index (χ1) is 8.77. The van der Waals surface area contributed by atoms with Gasteiger partial charge in [0.25, 0.3) is 11.6 Å². The summed E-state index contributed by atoms with van der Waals surface area (Å²) in [7, 11) is 1.33. The van der Waals surface area contributed by atoms with Crippen LogP contribution in [0.25, 0.3) is 0 Å². The van der Waals surface area contributed by atoms with Gasteiger partial charge in [-0.05, 0) is 28.9 Å². The molecular formula is C11H11BrN2O5. The molecule has 102 valence electrons. The van der Waals surface area contributed by atoms with Gasteiger partial charge in [0.1, 0.15) is 10.5 Å². The van der Waals surface area contributed by atoms with Crippen LogP contribution in [0.15, 0.2) is 22.7 Å². The van der Waals surface area contributed by atoms with Crippen molar-refractivity contribution in [3.8, 4) is 0 Å². The molecule has 0 fully saturated rings. The highest BCUT2D eigenvalue weighted by atomic mass is 79.9. The number of nitro benzene ring substituents is 1. The molecule has 0 heterocycles. The first-order valence-corrected chi connectivity index (χ1v) is 5.99. The van der Waals surface area contributed by atoms with Gasteiger partial charge in [0, 0.05) is 13.1 Å². The number of rotatable bonds is 4. The lowest BCUT2D eigenvalue weighted by molar-refractivity contribution is -0.385. The highest BCUT2D eigenvalue weighted by molar-refractivity contribution is 9.10. The van der Waals surface area contributed by atoms with E-state index in [2.05, 4.69) is 15.9 Å². The highest BCUT2D eigenvalue weighted by Crippen LogP contribution is 2.29. The summed E-state index contributed by atoms with van der Waals surface area (Å²) in [6.45, 7) is 1.35. The SMILES string of the molecule is CC(C(=O)O)N(C)C(=O)c1cccc([N+](=O)[O-])c1Br. The van der Waals surface area contributed by atoms with Crippen molar-refractivity contribution in [2.45, 2.75) is 13.0 Å². The predicted molar refractivity (Wildman–Crippen MR) is 70.0 cm³/mol. The summed E-state index contributed by atoms with van der Waals surface area (Å²) in [6.07, 6.45) is 0. The molecule has 0 aliphatic rings. The maximum absolute atomic E-state index is 12.1. The number of hydrogen-bond donors (Lipinski definition) is 1. The summed E-state index contributed by atoms with van der Waals surface area (Å²) in [5.74, 6) is -1.76. The van der Waals surface area contributed by atoms with Crippen molar-refractivity contribution < 1.29 is 19.6 Å². The van der Waals surface area contributed by atoms with Crippen molar-refractivity contribution >= 4 is 33.5 Å². The van der Waals surface area contributed by atoms with Crippen LogP contribution in [-0.2, 0) is 4.79 Å². The van der Waals surface area contributed by atoms with Crippen molar-refractivity contribution in [1.29, 1.82) is 0 Å². The van der Waals surface area contributed by atoms with Crippen molar-refractivity contribution in [3.63, 3.8) is 0 Å². The quantitative estimate of drug-likeness (QED) is 0.671. The second kappa shape index (κ2) is 5.79. The van der Waals surface area contributed by atoms with Gasteiger partial charge in [-0.1, -0.05) is 6.07 Å². The lowest BCUT2D eigenvalue weighted by atomic mass is 10.1. The van der Waals surface area contributed by atoms with Crippen LogP contribution in [0.3, 0.4) is 0 Å². The molecule has 0 spiro atoms. The first-order valence-electron chi connectivity index (χ1n) is 5.20. The molecule has 1 N–H and O–H groups in total. The third-order valence-electron chi connectivity index (χ3n) is 2.66. The fraction of sp³-hybridized carbons (Fsp3) is 0.273. The third kappa shape index (κ3) is 3.08. The molecule has 0 radical (unpaired) electrons. The topological polar surface area (TPSA) is 101 Å². The maximum Gasteiger partial charge on any atom is 0.326 e. The number of carboxylic acids is 1. The summed E-state index contributed by atoms with van der Waals surface area (Å²) in [5.41, 5.74) is -0.202. The maximum atomic E-state index is 12.1. The summed E-state index contributed by atoms with van der Waals surface area (Å²) < 4.78 is 0.0365. The number of carbonyl (C=O) groups is 2. The molecule has 7 nitrogen and oxygen atoms in total. The van der Waals surface area contributed by atoms with E-state index in [1.54, 1.807) is 0 Å². The summed E-state index contributed by atoms with van der Waals surface area (Å²) >= 11 is 3.00. The number of carboxylic acid groups (broad SMARTS) is 1. The van der Waals surface area contributed by atoms with Crippen molar-refractivity contribution in [2.24, 2.45) is 0 Å². The number of aliphatic carboxylic acids is 1. The van der Waals surface area contributed by atoms with E-state index in [0.717, 1.165) is 4.90 Å². The lowest BCUT2D eigenvalue weighted by Gasteiger charge is -2.21. The molecule has 0 aliphatic heterocycles. The third-order valence-corrected chi connectivity index (χ3v) is 3.50. The van der Waals surface area contributed by atoms with Gasteiger partial charge in [-0.2, -0.15) is 0 Å². The minimum Gasteiger partial charge on any atom is -0.480 e. The van der Waals surface area contributed by atoms with Crippen LogP contribution in [0.5, 0.6) is 0 Å². The Labute approximate surface area is 117 Å². The van der Waals surface area contributed by atoms with Gasteiger partial charge in [0.05, 0.1) is 10.5 Å². The van der Waals surface area contributed by atoms with Crippen LogP contribution in [0.4, 0.5) is 5.69 Å². The van der Waals surface area contributed by atoms with Gasteiger partial charge < -0.3 is 10.0 Å². The molecule has 0 saturated heterocycles. The number of likely N-dealkylation sites (N-methyl/N-ethyl adjacent to an activating group) is 1. The molecule has 1 aromatic carbocycles. The van der Waals surface area contributed by atoms with Gasteiger partial charge in [-0.25, -0.2) is 4.79 Å². The van der Waals surface area contributed by atoms with Gasteiger partial charge in [0.15, 0.2) is 0 Å². The summed E-state index contributed by atoms with van der Waals surface area (Å²) in [6, 6.07) is 2.99. The summed E-state index contributed by atoms with van der Waals surface area (Å²) in [5, 5.41) is 19.6. The largest absolute Gasteiger partial charge is 0.480 e. The van der Waals surface area contributed by atoms with E-state index in [0.29, 0.717) is 0 Å². The number of amides is 1. The molecule has 1 atom stereocenters. The molecule has 0 aromatic heterocycles. The Kier molecular flexibility index (Phi) is 4.60. The molecule has 0 saturated carbocycles. The Morgan fingerprint density at radius 2 is 2.05 bits per heavy atom. The second-order valence-electron chi connectivity index (χ2n) is 3.83. The van der Waals surface area contributed by atoms with Crippen molar-refractivity contribution in [3.05, 3.63) is 38.3 Å². The van der Waals surface area contributed by atoms with Crippen molar-refractivity contribution in [1.82, 2.24) is 4.90 Å². The molecule has 1 amide bonds. The molecule has 8 heteroatoms. The zero-order chi connectivity index (χ0) is 14.7. The van der Waals surface area contributed by atoms with Crippen LogP contribution < -0.4 is 0 Å². The van der Waals surface area contributed by atoms with E-state index < -0.39 is 22.8 Å². The number of benzene rings is 1. The van der Waals surface area contributed by atoms with Crippen LogP contribution in [0.2, 0.25) is 0 Å². The van der Waals surface area contributed by atoms with Gasteiger partial charge in [0.2, 0.25) is 0 Å². The highest BCUT2D eigenvalue weighted by Gasteiger charge is 2.26. The molecule has 1 aromatic rings. The monoisotopic (exact) mass is 330 g/mol. The Morgan fingerprint density at radius 3 is 2.53 bits per heavy atom. The molecule has 0 aliphatic carbocycles. The zero-order valence-electron chi connectivity index (χ0n) is 10.2. The Balaban J connectivity index is 3.17. The standard InChI is InChI=1S/C11H11BrN2O5/c1-6(11(16)17)13(2)10(15)7-4-3-5-8(9(7)12)14(18)19/h3-6H,1-2H3,(H,16,17). The molecule has 1 rings (SSSR count). The number of carbonyl (C=O) groups excluding carboxylic acids is 1. The van der Waals surface area contributed by atoms with E-state index in [9.17, 15) is 19.7 Å². The lowest BCUT2D eigenvalue weighted by Crippen LogP contribution is -2.40. The Bertz CT molecular complexity index is 546. The second-order valence-corrected chi connectivity index (χ2v) is 4.62. The van der Waals surface area contributed by atoms with Gasteiger partial charge in [-0.3, -0.25) is 14.9 Å². The molecule has 0 bridgehead atoms. The molecule has 1 unspecified atom stereocenters. The van der Waals surface area contributed by atoms with E-state index >= 15 is 0 Å².